The number of hydrogen-bond acceptors (Lipinski definition) is 13. The zero-order valence-corrected chi connectivity index (χ0v) is 43.0. The highest BCUT2D eigenvalue weighted by Crippen LogP contribution is 2.33. The normalized spacial score (nSPS) is 24.5. The number of rotatable bonds is 42. The zero-order chi connectivity index (χ0) is 50.1. The third-order valence-electron chi connectivity index (χ3n) is 13.9. The Morgan fingerprint density at radius 1 is 0.667 bits per heavy atom. The smallest absolute Gasteiger partial charge is 0.315 e. The molecule has 11 atom stereocenters. The summed E-state index contributed by atoms with van der Waals surface area (Å²) in [6.45, 7) is 2.55. The van der Waals surface area contributed by atoms with Crippen LogP contribution in [0.5, 0.6) is 0 Å². The molecule has 11 N–H and O–H groups in total. The minimum absolute atomic E-state index is 0.0657. The molecule has 0 aliphatic carbocycles. The van der Waals surface area contributed by atoms with Crippen LogP contribution in [0, 0.1) is 0 Å². The van der Waals surface area contributed by atoms with E-state index in [9.17, 15) is 49.8 Å². The lowest BCUT2D eigenvalue weighted by molar-refractivity contribution is -0.303. The molecule has 3 heterocycles. The van der Waals surface area contributed by atoms with Gasteiger partial charge in [-0.3, -0.25) is 14.4 Å². The summed E-state index contributed by atoms with van der Waals surface area (Å²) < 4.78 is 11.2. The van der Waals surface area contributed by atoms with Crippen molar-refractivity contribution in [2.75, 3.05) is 32.1 Å². The molecule has 0 aromatic carbocycles. The Balaban J connectivity index is 1.18. The number of urea groups is 1. The van der Waals surface area contributed by atoms with E-state index >= 15 is 0 Å². The number of aliphatic hydroxyl groups is 6. The molecule has 0 aromatic heterocycles. The first-order chi connectivity index (χ1) is 33.4. The number of fused-ring (bicyclic) bond motifs is 1. The molecular formula is C51H95N5O12S. The Kier molecular flexibility index (Phi) is 33.1. The standard InChI is InChI=1S/C51H95N5O12S/c1-2-3-4-5-6-7-8-9-10-13-16-20-27-39(58)46(62)37(35-67-50-49(65)48(64)47(63)40(34-57)68-50)54-44(61)31-21-17-14-11-12-15-18-25-32-52-42(59)29-22-19-26-33-53-43(60)30-24-23-28-41-45-38(36-69-41)55-51(66)56-45/h37-41,45-50,57-58,62-65H,2-36H2,1H3,(H,52,59)(H,53,60)(H,54,61)(H2,55,56,66)/t37-,38-,39+,40+,41-,45-,46-,47-,48-,49+,50-/m0/s1. The van der Waals surface area contributed by atoms with Gasteiger partial charge < -0.3 is 66.7 Å². The van der Waals surface area contributed by atoms with Gasteiger partial charge in [0.15, 0.2) is 6.29 Å². The summed E-state index contributed by atoms with van der Waals surface area (Å²) in [5.41, 5.74) is 0. The van der Waals surface area contributed by atoms with Crippen molar-refractivity contribution in [2.24, 2.45) is 0 Å². The summed E-state index contributed by atoms with van der Waals surface area (Å²) in [5, 5.41) is 77.7. The fraction of sp³-hybridized carbons (Fsp3) is 0.922. The Bertz CT molecular complexity index is 1390. The molecule has 0 bridgehead atoms. The van der Waals surface area contributed by atoms with Crippen molar-refractivity contribution in [1.82, 2.24) is 26.6 Å². The lowest BCUT2D eigenvalue weighted by atomic mass is 9.98. The van der Waals surface area contributed by atoms with Gasteiger partial charge in [-0.2, -0.15) is 11.8 Å². The first-order valence-corrected chi connectivity index (χ1v) is 28.3. The molecule has 0 unspecified atom stereocenters. The van der Waals surface area contributed by atoms with Crippen molar-refractivity contribution < 1.29 is 59.3 Å². The molecule has 3 aliphatic rings. The van der Waals surface area contributed by atoms with Crippen LogP contribution in [-0.4, -0.2) is 153 Å². The van der Waals surface area contributed by atoms with E-state index < -0.39 is 55.6 Å². The molecule has 5 amide bonds. The molecule has 18 heteroatoms. The fourth-order valence-corrected chi connectivity index (χ4v) is 11.1. The molecule has 3 fully saturated rings. The van der Waals surface area contributed by atoms with Gasteiger partial charge in [0.2, 0.25) is 17.7 Å². The third kappa shape index (κ3) is 25.8. The first kappa shape index (κ1) is 61.0. The number of hydrogen-bond donors (Lipinski definition) is 11. The third-order valence-corrected chi connectivity index (χ3v) is 15.4. The van der Waals surface area contributed by atoms with Gasteiger partial charge in [0.1, 0.15) is 30.5 Å². The van der Waals surface area contributed by atoms with Crippen molar-refractivity contribution in [2.45, 2.75) is 266 Å². The van der Waals surface area contributed by atoms with Gasteiger partial charge in [-0.25, -0.2) is 4.79 Å². The van der Waals surface area contributed by atoms with Gasteiger partial charge >= 0.3 is 6.03 Å². The van der Waals surface area contributed by atoms with Gasteiger partial charge in [-0.1, -0.05) is 135 Å². The monoisotopic (exact) mass is 1000 g/mol. The van der Waals surface area contributed by atoms with E-state index in [1.807, 2.05) is 11.8 Å². The second-order valence-electron chi connectivity index (χ2n) is 19.9. The summed E-state index contributed by atoms with van der Waals surface area (Å²) in [4.78, 5) is 49.1. The molecule has 17 nitrogen and oxygen atoms in total. The SMILES string of the molecule is CCCCCCCCCCCCCC[C@@H](O)[C@@H](O)[C@H](CO[C@H]1O[C@H](CO)[C@H](O)[C@H](O)[C@H]1O)NC(=O)CCCCCCCCCCNC(=O)CCCCCNC(=O)CCCC[C@@H]1SC[C@@H]2NC(=O)N[C@@H]21. The molecule has 0 radical (unpaired) electrons. The van der Waals surface area contributed by atoms with E-state index in [0.717, 1.165) is 115 Å². The zero-order valence-electron chi connectivity index (χ0n) is 42.1. The summed E-state index contributed by atoms with van der Waals surface area (Å²) in [5.74, 6) is 0.777. The number of carbonyl (C=O) groups is 4. The number of carbonyl (C=O) groups excluding carboxylic acids is 4. The predicted octanol–water partition coefficient (Wildman–Crippen LogP) is 5.13. The second-order valence-corrected chi connectivity index (χ2v) is 21.2. The van der Waals surface area contributed by atoms with E-state index in [4.69, 9.17) is 9.47 Å². The van der Waals surface area contributed by atoms with Crippen molar-refractivity contribution in [1.29, 1.82) is 0 Å². The van der Waals surface area contributed by atoms with Gasteiger partial charge in [-0.05, 0) is 44.9 Å². The van der Waals surface area contributed by atoms with Crippen LogP contribution < -0.4 is 26.6 Å². The number of nitrogens with one attached hydrogen (secondary N) is 5. The van der Waals surface area contributed by atoms with Crippen LogP contribution >= 0.6 is 11.8 Å². The average Bonchev–Trinajstić information content (AvgIpc) is 3.90. The quantitative estimate of drug-likeness (QED) is 0.0280. The maximum Gasteiger partial charge on any atom is 0.315 e. The lowest BCUT2D eigenvalue weighted by Crippen LogP contribution is -2.60. The number of thioether (sulfide) groups is 1. The molecule has 0 saturated carbocycles. The van der Waals surface area contributed by atoms with E-state index in [0.29, 0.717) is 44.0 Å². The van der Waals surface area contributed by atoms with Crippen LogP contribution in [0.4, 0.5) is 4.79 Å². The van der Waals surface area contributed by atoms with Crippen LogP contribution in [0.3, 0.4) is 0 Å². The van der Waals surface area contributed by atoms with E-state index in [1.54, 1.807) is 0 Å². The Labute approximate surface area is 417 Å². The molecule has 0 spiro atoms. The summed E-state index contributed by atoms with van der Waals surface area (Å²) in [6.07, 6.45) is 18.7. The molecule has 3 saturated heterocycles. The molecule has 3 aliphatic heterocycles. The average molecular weight is 1000 g/mol. The Morgan fingerprint density at radius 2 is 1.17 bits per heavy atom. The van der Waals surface area contributed by atoms with E-state index in [-0.39, 0.29) is 48.9 Å². The van der Waals surface area contributed by atoms with Crippen molar-refractivity contribution in [3.63, 3.8) is 0 Å². The van der Waals surface area contributed by atoms with Crippen molar-refractivity contribution in [3.05, 3.63) is 0 Å². The number of ether oxygens (including phenoxy) is 2. The van der Waals surface area contributed by atoms with Crippen LogP contribution in [-0.2, 0) is 23.9 Å². The summed E-state index contributed by atoms with van der Waals surface area (Å²) in [6, 6.07) is -0.667. The minimum Gasteiger partial charge on any atom is -0.394 e. The molecule has 3 rings (SSSR count). The van der Waals surface area contributed by atoms with Gasteiger partial charge in [0.05, 0.1) is 37.4 Å². The highest BCUT2D eigenvalue weighted by molar-refractivity contribution is 8.00. The predicted molar refractivity (Wildman–Crippen MR) is 269 cm³/mol. The highest BCUT2D eigenvalue weighted by Gasteiger charge is 2.45. The topological polar surface area (TPSA) is 268 Å². The Hall–Kier alpha value is -2.29. The molecule has 69 heavy (non-hydrogen) atoms. The number of unbranched alkanes of at least 4 members (excludes halogenated alkanes) is 21. The molecule has 0 aromatic rings. The van der Waals surface area contributed by atoms with Crippen LogP contribution in [0.2, 0.25) is 0 Å². The lowest BCUT2D eigenvalue weighted by Gasteiger charge is -2.40. The summed E-state index contributed by atoms with van der Waals surface area (Å²) in [7, 11) is 0. The molecular weight excluding hydrogens is 907 g/mol. The molecule has 402 valence electrons. The second kappa shape index (κ2) is 37.5. The largest absolute Gasteiger partial charge is 0.394 e. The minimum atomic E-state index is -1.63. The van der Waals surface area contributed by atoms with Crippen LogP contribution in [0.15, 0.2) is 0 Å². The van der Waals surface area contributed by atoms with Gasteiger partial charge in [0.25, 0.3) is 0 Å². The van der Waals surface area contributed by atoms with E-state index in [2.05, 4.69) is 33.5 Å². The first-order valence-electron chi connectivity index (χ1n) is 27.2. The fourth-order valence-electron chi connectivity index (χ4n) is 9.51. The van der Waals surface area contributed by atoms with Gasteiger partial charge in [-0.15, -0.1) is 0 Å². The summed E-state index contributed by atoms with van der Waals surface area (Å²) >= 11 is 1.90. The number of amides is 5. The maximum atomic E-state index is 13.1. The van der Waals surface area contributed by atoms with Crippen LogP contribution in [0.1, 0.15) is 200 Å². The van der Waals surface area contributed by atoms with Crippen molar-refractivity contribution in [3.8, 4) is 0 Å². The highest BCUT2D eigenvalue weighted by atomic mass is 32.2. The van der Waals surface area contributed by atoms with E-state index in [1.165, 1.54) is 51.4 Å². The Morgan fingerprint density at radius 3 is 1.75 bits per heavy atom. The van der Waals surface area contributed by atoms with Crippen molar-refractivity contribution >= 4 is 35.5 Å². The van der Waals surface area contributed by atoms with Gasteiger partial charge in [0, 0.05) is 43.4 Å². The van der Waals surface area contributed by atoms with Crippen LogP contribution in [0.25, 0.3) is 0 Å². The maximum absolute atomic E-state index is 13.1. The number of aliphatic hydroxyl groups excluding tert-OH is 6.